The van der Waals surface area contributed by atoms with Crippen molar-refractivity contribution in [2.24, 2.45) is 0 Å². The van der Waals surface area contributed by atoms with E-state index in [9.17, 15) is 0 Å². The van der Waals surface area contributed by atoms with Crippen molar-refractivity contribution in [2.45, 2.75) is 38.3 Å². The standard InChI is InChI=1S/C10H20OSi2/c1-12(2)10-8-6-7-9(10)11-13(3,4)5/h6-8,10,12H,1-5H3. The van der Waals surface area contributed by atoms with Crippen LogP contribution in [0.15, 0.2) is 24.0 Å². The van der Waals surface area contributed by atoms with Crippen molar-refractivity contribution in [3.63, 3.8) is 0 Å². The monoisotopic (exact) mass is 212 g/mol. The minimum atomic E-state index is -1.40. The fourth-order valence-corrected chi connectivity index (χ4v) is 3.94. The van der Waals surface area contributed by atoms with Crippen LogP contribution in [-0.2, 0) is 4.43 Å². The summed E-state index contributed by atoms with van der Waals surface area (Å²) in [6, 6.07) is 0. The van der Waals surface area contributed by atoms with Gasteiger partial charge in [-0.1, -0.05) is 25.2 Å². The lowest BCUT2D eigenvalue weighted by Gasteiger charge is -2.25. The van der Waals surface area contributed by atoms with Gasteiger partial charge < -0.3 is 4.43 Å². The Balaban J connectivity index is 2.62. The van der Waals surface area contributed by atoms with Crippen LogP contribution >= 0.6 is 0 Å². The Hall–Kier alpha value is -0.286. The van der Waals surface area contributed by atoms with E-state index in [0.29, 0.717) is 5.54 Å². The first-order chi connectivity index (χ1) is 5.90. The maximum atomic E-state index is 6.04. The molecule has 0 aromatic rings. The van der Waals surface area contributed by atoms with E-state index in [4.69, 9.17) is 4.43 Å². The molecule has 1 rings (SSSR count). The van der Waals surface area contributed by atoms with Crippen molar-refractivity contribution in [3.8, 4) is 0 Å². The maximum absolute atomic E-state index is 6.04. The molecular formula is C10H20OSi2. The zero-order valence-corrected chi connectivity index (χ0v) is 11.4. The van der Waals surface area contributed by atoms with Gasteiger partial charge in [-0.3, -0.25) is 0 Å². The fraction of sp³-hybridized carbons (Fsp3) is 0.600. The van der Waals surface area contributed by atoms with Crippen molar-refractivity contribution in [2.75, 3.05) is 0 Å². The van der Waals surface area contributed by atoms with Crippen LogP contribution in [0.2, 0.25) is 38.3 Å². The van der Waals surface area contributed by atoms with Gasteiger partial charge in [-0.15, -0.1) is 0 Å². The summed E-state index contributed by atoms with van der Waals surface area (Å²) in [7, 11) is -2.02. The van der Waals surface area contributed by atoms with Crippen LogP contribution in [0.5, 0.6) is 0 Å². The molecule has 0 aliphatic heterocycles. The highest BCUT2D eigenvalue weighted by atomic mass is 28.4. The Morgan fingerprint density at radius 1 is 1.31 bits per heavy atom. The molecule has 3 heteroatoms. The van der Waals surface area contributed by atoms with Gasteiger partial charge in [0, 0.05) is 14.3 Å². The van der Waals surface area contributed by atoms with Crippen molar-refractivity contribution >= 4 is 17.1 Å². The highest BCUT2D eigenvalue weighted by molar-refractivity contribution is 6.70. The summed E-state index contributed by atoms with van der Waals surface area (Å²) in [6.07, 6.45) is 6.59. The van der Waals surface area contributed by atoms with E-state index in [1.165, 1.54) is 5.76 Å². The molecule has 0 bridgehead atoms. The van der Waals surface area contributed by atoms with Gasteiger partial charge >= 0.3 is 0 Å². The van der Waals surface area contributed by atoms with E-state index in [0.717, 1.165) is 0 Å². The topological polar surface area (TPSA) is 9.23 Å². The summed E-state index contributed by atoms with van der Waals surface area (Å²) < 4.78 is 6.04. The van der Waals surface area contributed by atoms with Gasteiger partial charge in [-0.2, -0.15) is 0 Å². The predicted molar refractivity (Wildman–Crippen MR) is 64.3 cm³/mol. The normalized spacial score (nSPS) is 22.3. The summed E-state index contributed by atoms with van der Waals surface area (Å²) in [5.74, 6) is 1.24. The molecule has 0 aromatic carbocycles. The minimum absolute atomic E-state index is 0.628. The smallest absolute Gasteiger partial charge is 0.241 e. The number of rotatable bonds is 3. The molecule has 13 heavy (non-hydrogen) atoms. The minimum Gasteiger partial charge on any atom is -0.547 e. The van der Waals surface area contributed by atoms with Crippen LogP contribution in [0.25, 0.3) is 0 Å². The second-order valence-electron chi connectivity index (χ2n) is 4.94. The second kappa shape index (κ2) is 3.84. The molecule has 1 atom stereocenters. The molecule has 0 saturated heterocycles. The van der Waals surface area contributed by atoms with Crippen molar-refractivity contribution in [3.05, 3.63) is 24.0 Å². The van der Waals surface area contributed by atoms with Gasteiger partial charge in [-0.05, 0) is 25.7 Å². The van der Waals surface area contributed by atoms with Gasteiger partial charge in [0.2, 0.25) is 8.32 Å². The highest BCUT2D eigenvalue weighted by Crippen LogP contribution is 2.31. The first-order valence-corrected chi connectivity index (χ1v) is 11.4. The van der Waals surface area contributed by atoms with Crippen molar-refractivity contribution < 1.29 is 4.43 Å². The summed E-state index contributed by atoms with van der Waals surface area (Å²) in [4.78, 5) is 0. The lowest BCUT2D eigenvalue weighted by molar-refractivity contribution is 0.414. The fourth-order valence-electron chi connectivity index (χ4n) is 1.48. The Kier molecular flexibility index (Phi) is 3.19. The van der Waals surface area contributed by atoms with Crippen LogP contribution in [0, 0.1) is 0 Å². The summed E-state index contributed by atoms with van der Waals surface area (Å²) in [5, 5.41) is 0. The van der Waals surface area contributed by atoms with Crippen LogP contribution in [0.3, 0.4) is 0 Å². The summed E-state index contributed by atoms with van der Waals surface area (Å²) in [5.41, 5.74) is 0.645. The van der Waals surface area contributed by atoms with Gasteiger partial charge in [0.25, 0.3) is 0 Å². The molecule has 74 valence electrons. The van der Waals surface area contributed by atoms with Gasteiger partial charge in [-0.25, -0.2) is 0 Å². The van der Waals surface area contributed by atoms with E-state index >= 15 is 0 Å². The number of hydrogen-bond donors (Lipinski definition) is 0. The molecule has 0 radical (unpaired) electrons. The van der Waals surface area contributed by atoms with Crippen molar-refractivity contribution in [1.82, 2.24) is 0 Å². The van der Waals surface area contributed by atoms with E-state index in [1.54, 1.807) is 0 Å². The van der Waals surface area contributed by atoms with Crippen LogP contribution in [-0.4, -0.2) is 17.1 Å². The van der Waals surface area contributed by atoms with Gasteiger partial charge in [0.1, 0.15) is 0 Å². The molecule has 1 nitrogen and oxygen atoms in total. The molecule has 1 unspecified atom stereocenters. The molecule has 0 N–H and O–H groups in total. The molecule has 0 saturated carbocycles. The van der Waals surface area contributed by atoms with E-state index in [1.807, 2.05) is 0 Å². The molecule has 0 fully saturated rings. The third kappa shape index (κ3) is 3.16. The Bertz CT molecular complexity index is 236. The molecule has 0 aromatic heterocycles. The Labute approximate surface area is 84.2 Å². The summed E-state index contributed by atoms with van der Waals surface area (Å²) >= 11 is 0. The maximum Gasteiger partial charge on any atom is 0.241 e. The van der Waals surface area contributed by atoms with E-state index in [2.05, 4.69) is 51.0 Å². The van der Waals surface area contributed by atoms with E-state index in [-0.39, 0.29) is 0 Å². The third-order valence-electron chi connectivity index (χ3n) is 2.05. The lowest BCUT2D eigenvalue weighted by Crippen LogP contribution is -2.27. The zero-order valence-electron chi connectivity index (χ0n) is 9.29. The van der Waals surface area contributed by atoms with Gasteiger partial charge in [0.15, 0.2) is 0 Å². The molecule has 0 spiro atoms. The third-order valence-corrected chi connectivity index (χ3v) is 4.89. The quantitative estimate of drug-likeness (QED) is 0.653. The highest BCUT2D eigenvalue weighted by Gasteiger charge is 2.25. The number of allylic oxidation sites excluding steroid dienone is 3. The Morgan fingerprint density at radius 3 is 2.38 bits per heavy atom. The largest absolute Gasteiger partial charge is 0.547 e. The summed E-state index contributed by atoms with van der Waals surface area (Å²) in [6.45, 7) is 11.5. The molecule has 0 heterocycles. The first-order valence-electron chi connectivity index (χ1n) is 4.97. The molecule has 1 aliphatic carbocycles. The molecular weight excluding hydrogens is 192 g/mol. The van der Waals surface area contributed by atoms with Crippen LogP contribution < -0.4 is 0 Å². The lowest BCUT2D eigenvalue weighted by atomic mass is 10.4. The SMILES string of the molecule is C[SiH](C)C1C=CC=C1O[Si](C)(C)C. The predicted octanol–water partition coefficient (Wildman–Crippen LogP) is 3.15. The van der Waals surface area contributed by atoms with Crippen LogP contribution in [0.1, 0.15) is 0 Å². The van der Waals surface area contributed by atoms with Gasteiger partial charge in [0.05, 0.1) is 5.76 Å². The number of hydrogen-bond acceptors (Lipinski definition) is 1. The average Bonchev–Trinajstić information content (AvgIpc) is 2.31. The molecule has 1 aliphatic rings. The average molecular weight is 212 g/mol. The van der Waals surface area contributed by atoms with Crippen LogP contribution in [0.4, 0.5) is 0 Å². The Morgan fingerprint density at radius 2 is 1.92 bits per heavy atom. The van der Waals surface area contributed by atoms with E-state index < -0.39 is 17.1 Å². The second-order valence-corrected chi connectivity index (χ2v) is 12.6. The zero-order chi connectivity index (χ0) is 10.1. The first kappa shape index (κ1) is 10.8. The van der Waals surface area contributed by atoms with Crippen molar-refractivity contribution in [1.29, 1.82) is 0 Å². The molecule has 0 amide bonds.